The molecule has 2 aromatic carbocycles. The largest absolute Gasteiger partial charge is 0.294 e. The molecule has 0 aromatic heterocycles. The maximum Gasteiger partial charge on any atom is 0.170 e. The van der Waals surface area contributed by atoms with Gasteiger partial charge in [-0.1, -0.05) is 60.7 Å². The van der Waals surface area contributed by atoms with Crippen molar-refractivity contribution < 1.29 is 59.0 Å². The van der Waals surface area contributed by atoms with Gasteiger partial charge in [0, 0.05) is 60.5 Å². The Hall–Kier alpha value is -0.636. The van der Waals surface area contributed by atoms with Crippen molar-refractivity contribution >= 4 is 11.6 Å². The predicted molar refractivity (Wildman–Crippen MR) is 66.2 cm³/mol. The fourth-order valence-electron chi connectivity index (χ4n) is 1.60. The van der Waals surface area contributed by atoms with E-state index in [1.807, 2.05) is 12.1 Å². The van der Waals surface area contributed by atoms with Crippen molar-refractivity contribution in [2.45, 2.75) is 6.42 Å². The van der Waals surface area contributed by atoms with E-state index < -0.39 is 0 Å². The van der Waals surface area contributed by atoms with Crippen molar-refractivity contribution in [2.75, 3.05) is 0 Å². The first kappa shape index (κ1) is 15.4. The van der Waals surface area contributed by atoms with E-state index in [9.17, 15) is 9.59 Å². The van der Waals surface area contributed by atoms with Gasteiger partial charge in [0.1, 0.15) is 0 Å². The van der Waals surface area contributed by atoms with E-state index in [1.165, 1.54) is 0 Å². The van der Waals surface area contributed by atoms with Crippen molar-refractivity contribution in [1.29, 1.82) is 0 Å². The summed E-state index contributed by atoms with van der Waals surface area (Å²) in [5.41, 5.74) is 1.16. The molecule has 0 heterocycles. The molecule has 1 radical (unpaired) electrons. The summed E-state index contributed by atoms with van der Waals surface area (Å²) in [4.78, 5) is 23.6. The van der Waals surface area contributed by atoms with Gasteiger partial charge in [0.15, 0.2) is 11.6 Å². The van der Waals surface area contributed by atoms with E-state index in [0.717, 1.165) is 0 Å². The van der Waals surface area contributed by atoms with E-state index in [-0.39, 0.29) is 67.4 Å². The topological polar surface area (TPSA) is 34.1 Å². The van der Waals surface area contributed by atoms with E-state index in [4.69, 9.17) is 0 Å². The minimum absolute atomic E-state index is 0. The first-order valence-corrected chi connectivity index (χ1v) is 5.44. The summed E-state index contributed by atoms with van der Waals surface area (Å²) in [5.74, 6) is -0.279. The molecule has 0 aliphatic rings. The van der Waals surface area contributed by atoms with Crippen LogP contribution >= 0.6 is 0 Å². The van der Waals surface area contributed by atoms with Crippen LogP contribution in [0.3, 0.4) is 0 Å². The summed E-state index contributed by atoms with van der Waals surface area (Å²) in [6.45, 7) is 0. The SMILES string of the molecule is O=C(CC(=O)c1ccccc1)c1ccccc1.[Eu]. The number of carbonyl (C=O) groups excluding carboxylic acids is 2. The molecule has 0 amide bonds. The van der Waals surface area contributed by atoms with Crippen LogP contribution in [0, 0.1) is 49.4 Å². The quantitative estimate of drug-likeness (QED) is 0.607. The van der Waals surface area contributed by atoms with Gasteiger partial charge in [0.05, 0.1) is 6.42 Å². The minimum Gasteiger partial charge on any atom is -0.294 e. The zero-order chi connectivity index (χ0) is 12.1. The number of benzene rings is 2. The van der Waals surface area contributed by atoms with Gasteiger partial charge in [0.2, 0.25) is 0 Å². The number of carbonyl (C=O) groups is 2. The van der Waals surface area contributed by atoms with Gasteiger partial charge in [-0.2, -0.15) is 0 Å². The normalized spacial score (nSPS) is 9.33. The number of Topliss-reactive ketones (excluding diaryl/α,β-unsaturated/α-hetero) is 2. The van der Waals surface area contributed by atoms with Crippen LogP contribution in [0.25, 0.3) is 0 Å². The molecular formula is C15H12EuO2. The average Bonchev–Trinajstić information content (AvgIpc) is 2.40. The maximum absolute atomic E-state index is 11.8. The molecule has 0 aliphatic heterocycles. The third-order valence-electron chi connectivity index (χ3n) is 2.51. The van der Waals surface area contributed by atoms with Gasteiger partial charge in [-0.05, 0) is 0 Å². The zero-order valence-electron chi connectivity index (χ0n) is 9.68. The predicted octanol–water partition coefficient (Wildman–Crippen LogP) is 3.14. The Morgan fingerprint density at radius 1 is 0.667 bits per heavy atom. The zero-order valence-corrected chi connectivity index (χ0v) is 12.1. The van der Waals surface area contributed by atoms with E-state index in [2.05, 4.69) is 0 Å². The molecule has 0 atom stereocenters. The van der Waals surface area contributed by atoms with Crippen LogP contribution in [-0.4, -0.2) is 11.6 Å². The fourth-order valence-corrected chi connectivity index (χ4v) is 1.60. The molecule has 91 valence electrons. The monoisotopic (exact) mass is 377 g/mol. The van der Waals surface area contributed by atoms with Crippen LogP contribution in [0.2, 0.25) is 0 Å². The van der Waals surface area contributed by atoms with Gasteiger partial charge in [-0.25, -0.2) is 0 Å². The molecule has 2 nitrogen and oxygen atoms in total. The second kappa shape index (κ2) is 7.72. The van der Waals surface area contributed by atoms with Crippen LogP contribution in [-0.2, 0) is 0 Å². The van der Waals surface area contributed by atoms with Crippen LogP contribution in [0.5, 0.6) is 0 Å². The molecule has 0 fully saturated rings. The van der Waals surface area contributed by atoms with Gasteiger partial charge in [0.25, 0.3) is 0 Å². The van der Waals surface area contributed by atoms with Crippen molar-refractivity contribution in [3.8, 4) is 0 Å². The second-order valence-electron chi connectivity index (χ2n) is 3.76. The minimum atomic E-state index is -0.139. The fraction of sp³-hybridized carbons (Fsp3) is 0.0667. The van der Waals surface area contributed by atoms with Gasteiger partial charge >= 0.3 is 0 Å². The molecule has 2 rings (SSSR count). The van der Waals surface area contributed by atoms with E-state index in [1.54, 1.807) is 48.5 Å². The summed E-state index contributed by atoms with van der Waals surface area (Å²) in [5, 5.41) is 0. The van der Waals surface area contributed by atoms with Crippen molar-refractivity contribution in [2.24, 2.45) is 0 Å². The molecular weight excluding hydrogens is 364 g/mol. The molecule has 0 unspecified atom stereocenters. The second-order valence-corrected chi connectivity index (χ2v) is 3.76. The molecule has 0 aliphatic carbocycles. The molecule has 0 bridgehead atoms. The molecule has 0 saturated heterocycles. The third-order valence-corrected chi connectivity index (χ3v) is 2.51. The van der Waals surface area contributed by atoms with Gasteiger partial charge in [-0.3, -0.25) is 9.59 Å². The Labute approximate surface area is 147 Å². The number of rotatable bonds is 4. The van der Waals surface area contributed by atoms with Crippen molar-refractivity contribution in [1.82, 2.24) is 0 Å². The van der Waals surface area contributed by atoms with Crippen molar-refractivity contribution in [3.05, 3.63) is 71.8 Å². The maximum atomic E-state index is 11.8. The Balaban J connectivity index is 0.00000162. The smallest absolute Gasteiger partial charge is 0.170 e. The third kappa shape index (κ3) is 4.23. The van der Waals surface area contributed by atoms with Crippen LogP contribution in [0.4, 0.5) is 0 Å². The first-order chi connectivity index (χ1) is 8.27. The molecule has 18 heavy (non-hydrogen) atoms. The standard InChI is InChI=1S/C15H12O2.Eu/c16-14(12-7-3-1-4-8-12)11-15(17)13-9-5-2-6-10-13;/h1-10H,11H2;. The van der Waals surface area contributed by atoms with E-state index in [0.29, 0.717) is 11.1 Å². The number of hydrogen-bond donors (Lipinski definition) is 0. The molecule has 0 spiro atoms. The Bertz CT molecular complexity index is 471. The summed E-state index contributed by atoms with van der Waals surface area (Å²) in [7, 11) is 0. The molecule has 3 heteroatoms. The molecule has 0 saturated carbocycles. The summed E-state index contributed by atoms with van der Waals surface area (Å²) in [6.07, 6.45) is -0.0754. The molecule has 0 N–H and O–H groups in total. The number of hydrogen-bond acceptors (Lipinski definition) is 2. The van der Waals surface area contributed by atoms with Gasteiger partial charge < -0.3 is 0 Å². The summed E-state index contributed by atoms with van der Waals surface area (Å²) in [6, 6.07) is 17.7. The average molecular weight is 376 g/mol. The van der Waals surface area contributed by atoms with Crippen molar-refractivity contribution in [3.63, 3.8) is 0 Å². The van der Waals surface area contributed by atoms with Gasteiger partial charge in [-0.15, -0.1) is 0 Å². The Morgan fingerprint density at radius 2 is 1.00 bits per heavy atom. The van der Waals surface area contributed by atoms with E-state index >= 15 is 0 Å². The molecule has 2 aromatic rings. The summed E-state index contributed by atoms with van der Waals surface area (Å²) < 4.78 is 0. The van der Waals surface area contributed by atoms with Crippen LogP contribution < -0.4 is 0 Å². The van der Waals surface area contributed by atoms with Crippen LogP contribution in [0.15, 0.2) is 60.7 Å². The number of ketones is 2. The summed E-state index contributed by atoms with van der Waals surface area (Å²) >= 11 is 0. The Morgan fingerprint density at radius 3 is 1.33 bits per heavy atom. The Kier molecular flexibility index (Phi) is 6.62. The van der Waals surface area contributed by atoms with Crippen LogP contribution in [0.1, 0.15) is 27.1 Å². The first-order valence-electron chi connectivity index (χ1n) is 5.44.